The average Bonchev–Trinajstić information content (AvgIpc) is 1.53. The number of hydrogen-bond acceptors (Lipinski definition) is 21. The van der Waals surface area contributed by atoms with E-state index >= 15 is 14.4 Å². The van der Waals surface area contributed by atoms with E-state index in [1.807, 2.05) is 24.3 Å². The summed E-state index contributed by atoms with van der Waals surface area (Å²) in [5.74, 6) is -10.2. The number of piperidine rings is 1. The Morgan fingerprint density at radius 2 is 1.09 bits per heavy atom. The van der Waals surface area contributed by atoms with Gasteiger partial charge in [-0.05, 0) is 197 Å². The van der Waals surface area contributed by atoms with Gasteiger partial charge in [0.25, 0.3) is 0 Å². The molecule has 3 unspecified atom stereocenters. The van der Waals surface area contributed by atoms with Crippen molar-refractivity contribution in [2.75, 3.05) is 31.1 Å². The first kappa shape index (κ1) is 90.0. The van der Waals surface area contributed by atoms with Crippen molar-refractivity contribution >= 4 is 100 Å². The van der Waals surface area contributed by atoms with Gasteiger partial charge in [-0.3, -0.25) is 62.3 Å². The van der Waals surface area contributed by atoms with Gasteiger partial charge in [0.1, 0.15) is 66.0 Å². The zero-order valence-corrected chi connectivity index (χ0v) is 66.7. The summed E-state index contributed by atoms with van der Waals surface area (Å²) >= 11 is 2.75. The second kappa shape index (κ2) is 43.2. The average molecular weight is 1580 g/mol. The van der Waals surface area contributed by atoms with Crippen LogP contribution in [0.5, 0.6) is 0 Å². The fourth-order valence-electron chi connectivity index (χ4n) is 15.2. The van der Waals surface area contributed by atoms with Gasteiger partial charge >= 0.3 is 0 Å². The number of carbonyl (C=O) groups excluding carboxylic acids is 13. The van der Waals surface area contributed by atoms with Crippen LogP contribution in [0.2, 0.25) is 0 Å². The zero-order chi connectivity index (χ0) is 80.6. The minimum atomic E-state index is -1.91. The smallest absolute Gasteiger partial charge is 0.245 e. The van der Waals surface area contributed by atoms with E-state index in [0.717, 1.165) is 30.5 Å². The number of nitrogens with one attached hydrogen (secondary N) is 14. The lowest BCUT2D eigenvalue weighted by molar-refractivity contribution is -0.139. The molecule has 3 saturated heterocycles. The molecule has 1 aromatic rings. The van der Waals surface area contributed by atoms with E-state index in [1.54, 1.807) is 27.7 Å². The maximum Gasteiger partial charge on any atom is 0.245 e. The molecule has 4 aliphatic heterocycles. The van der Waals surface area contributed by atoms with Crippen molar-refractivity contribution in [3.05, 3.63) is 35.4 Å². The van der Waals surface area contributed by atoms with E-state index in [4.69, 9.17) is 5.73 Å². The van der Waals surface area contributed by atoms with Crippen molar-refractivity contribution in [2.45, 2.75) is 298 Å². The van der Waals surface area contributed by atoms with E-state index in [-0.39, 0.29) is 99.9 Å². The van der Waals surface area contributed by atoms with Gasteiger partial charge in [-0.25, -0.2) is 0 Å². The van der Waals surface area contributed by atoms with Gasteiger partial charge in [-0.15, -0.1) is 0 Å². The van der Waals surface area contributed by atoms with Gasteiger partial charge in [-0.2, -0.15) is 23.5 Å². The Morgan fingerprint density at radius 3 is 1.69 bits per heavy atom. The first-order valence-corrected chi connectivity index (χ1v) is 41.7. The van der Waals surface area contributed by atoms with Crippen molar-refractivity contribution < 1.29 is 82.8 Å². The standard InChI is InChI=1S/C76H123N15O17S2/c1-9-14-51-66(100)89-61(42(3)93)72(106)86-57(63(77)98)40-110-39-46-16-12-15-45(33-46)38-109-32-29-59(97)88-62(75(4,5)6)73(107)85-55(35-44-21-25-49(95)26-22-44)69(103)82-52-18-10-11-30-78-58(96)28-27-53(65(99)83-54(68(102)81-51)34-43-19-23-48(94)24-20-43)87-74(108)76(7,8)91-70(104)56(84-71(105)60(41(2)92)90-67(52)101)36-47-37-80-64-50(47)17-13-31-79-64/h12,15-16,33,41-44,47-57,60-62,64,79-80,92-95H,9-11,13-14,17-32,34-40H2,1-8H3,(H2,77,98)(H,78,96)(H,81,102)(H,82,103)(H,83,99)(H,84,105)(H,85,107)(H,86,106)(H,87,108)(H,88,97)(H,89,100)(H,90,101)(H,91,104)/t41-,42-,43?,44?,47?,48?,49?,50?,51+,52+,53+,54+,55+,56+,57+,60+,61+,62-,64?/m1/s1. The third-order valence-electron chi connectivity index (χ3n) is 21.8. The molecule has 13 amide bonds. The van der Waals surface area contributed by atoms with E-state index in [1.165, 1.54) is 51.2 Å². The van der Waals surface area contributed by atoms with Gasteiger partial charge in [0.2, 0.25) is 76.8 Å². The molecule has 4 bridgehead atoms. The minimum absolute atomic E-state index is 0.0000737. The maximum atomic E-state index is 15.1. The summed E-state index contributed by atoms with van der Waals surface area (Å²) in [6.45, 7) is 13.4. The molecular weight excluding hydrogens is 1460 g/mol. The Kier molecular flexibility index (Phi) is 35.3. The van der Waals surface area contributed by atoms with Crippen LogP contribution in [0.25, 0.3) is 0 Å². The molecule has 0 aromatic heterocycles. The number of rotatable bonds is 11. The molecule has 2 saturated carbocycles. The topological polar surface area (TPSA) is 497 Å². The molecular formula is C76H123N15O17S2. The largest absolute Gasteiger partial charge is 0.393 e. The highest BCUT2D eigenvalue weighted by molar-refractivity contribution is 7.98. The first-order valence-electron chi connectivity index (χ1n) is 39.4. The van der Waals surface area contributed by atoms with Crippen LogP contribution in [0.3, 0.4) is 0 Å². The van der Waals surface area contributed by atoms with Gasteiger partial charge in [0.15, 0.2) is 0 Å². The van der Waals surface area contributed by atoms with Crippen molar-refractivity contribution in [2.24, 2.45) is 34.8 Å². The third-order valence-corrected chi connectivity index (χ3v) is 23.9. The number of primary amides is 1. The van der Waals surface area contributed by atoms with Crippen LogP contribution >= 0.6 is 23.5 Å². The van der Waals surface area contributed by atoms with Gasteiger partial charge < -0.3 is 101 Å². The molecule has 20 N–H and O–H groups in total. The number of nitrogens with two attached hydrogens (primary N) is 1. The van der Waals surface area contributed by atoms with E-state index in [9.17, 15) is 68.4 Å². The van der Waals surface area contributed by atoms with Crippen LogP contribution in [0.15, 0.2) is 24.3 Å². The molecule has 616 valence electrons. The molecule has 32 nitrogen and oxygen atoms in total. The number of carbonyl (C=O) groups is 13. The fourth-order valence-corrected chi connectivity index (χ4v) is 17.1. The third kappa shape index (κ3) is 28.2. The van der Waals surface area contributed by atoms with Gasteiger partial charge in [0, 0.05) is 42.4 Å². The Balaban J connectivity index is 1.27. The lowest BCUT2D eigenvalue weighted by atomic mass is 9.82. The Morgan fingerprint density at radius 1 is 0.555 bits per heavy atom. The van der Waals surface area contributed by atoms with Gasteiger partial charge in [-0.1, -0.05) is 58.4 Å². The number of amides is 13. The van der Waals surface area contributed by atoms with Crippen LogP contribution in [0, 0.1) is 29.1 Å². The van der Waals surface area contributed by atoms with Crippen LogP contribution in [0.1, 0.15) is 201 Å². The lowest BCUT2D eigenvalue weighted by Gasteiger charge is -2.34. The number of aliphatic hydroxyl groups excluding tert-OH is 4. The SMILES string of the molecule is CCC[C@@H]1NC(=O)[C@H](CC2CCC(O)CC2)NC(=O)[C@@H]2CCC(=O)NCCCC[C@H](NC(=O)[C@H](CC3CCC(O)CC3)NC(=O)[C@H](C(C)(C)C)NC(=O)CCSCc3cccc(c3)CSC[C@@H](C(N)=O)NC(=O)[C@H]([C@@H](C)O)NC1=O)C(=O)N[C@@H]([C@@H](C)O)C(=O)N[C@@H](CC1CNC3NCCCC13)C(=O)NC(C)(C)C(=O)N2. The van der Waals surface area contributed by atoms with E-state index < -0.39 is 179 Å². The summed E-state index contributed by atoms with van der Waals surface area (Å²) in [6.07, 6.45) is 0.483. The Labute approximate surface area is 654 Å². The Bertz CT molecular complexity index is 3330. The summed E-state index contributed by atoms with van der Waals surface area (Å²) in [6, 6.07) is -6.90. The molecule has 5 fully saturated rings. The van der Waals surface area contributed by atoms with Crippen LogP contribution < -0.4 is 80.2 Å². The molecule has 4 heterocycles. The highest BCUT2D eigenvalue weighted by atomic mass is 32.2. The Hall–Kier alpha value is -7.21. The van der Waals surface area contributed by atoms with Crippen molar-refractivity contribution in [1.82, 2.24) is 74.4 Å². The lowest BCUT2D eigenvalue weighted by Crippen LogP contribution is -2.64. The van der Waals surface area contributed by atoms with Crippen LogP contribution in [-0.4, -0.2) is 225 Å². The monoisotopic (exact) mass is 1580 g/mol. The summed E-state index contributed by atoms with van der Waals surface area (Å²) in [7, 11) is 0. The minimum Gasteiger partial charge on any atom is -0.393 e. The molecule has 2 aliphatic carbocycles. The number of benzene rings is 1. The molecule has 34 heteroatoms. The first-order chi connectivity index (χ1) is 52.1. The molecule has 0 spiro atoms. The highest BCUT2D eigenvalue weighted by Gasteiger charge is 2.45. The van der Waals surface area contributed by atoms with E-state index in [0.29, 0.717) is 81.6 Å². The number of thioether (sulfide) groups is 2. The molecule has 7 rings (SSSR count). The second-order valence-corrected chi connectivity index (χ2v) is 34.6. The van der Waals surface area contributed by atoms with Crippen LogP contribution in [0.4, 0.5) is 0 Å². The van der Waals surface area contributed by atoms with Crippen molar-refractivity contribution in [3.63, 3.8) is 0 Å². The number of fused-ring (bicyclic) bond motifs is 12. The second-order valence-electron chi connectivity index (χ2n) is 32.5. The quantitative estimate of drug-likeness (QED) is 0.130. The summed E-state index contributed by atoms with van der Waals surface area (Å²) in [5, 5.41) is 83.3. The number of hydrogen-bond donors (Lipinski definition) is 19. The molecule has 0 radical (unpaired) electrons. The fraction of sp³-hybridized carbons (Fsp3) is 0.750. The predicted octanol–water partition coefficient (Wildman–Crippen LogP) is -0.710. The zero-order valence-electron chi connectivity index (χ0n) is 65.1. The van der Waals surface area contributed by atoms with Crippen LogP contribution in [-0.2, 0) is 73.8 Å². The molecule has 15 atom stereocenters. The van der Waals surface area contributed by atoms with Crippen molar-refractivity contribution in [3.8, 4) is 0 Å². The normalized spacial score (nSPS) is 32.5. The highest BCUT2D eigenvalue weighted by Crippen LogP contribution is 2.34. The summed E-state index contributed by atoms with van der Waals surface area (Å²) in [4.78, 5) is 189. The maximum absolute atomic E-state index is 15.1. The molecule has 110 heavy (non-hydrogen) atoms. The predicted molar refractivity (Wildman–Crippen MR) is 414 cm³/mol. The van der Waals surface area contributed by atoms with E-state index in [2.05, 4.69) is 74.4 Å². The number of aliphatic hydroxyl groups is 4. The summed E-state index contributed by atoms with van der Waals surface area (Å²) in [5.41, 5.74) is 4.77. The molecule has 6 aliphatic rings. The van der Waals surface area contributed by atoms with Crippen molar-refractivity contribution in [1.29, 1.82) is 0 Å². The van der Waals surface area contributed by atoms with Gasteiger partial charge in [0.05, 0.1) is 30.6 Å². The molecule has 1 aromatic carbocycles. The summed E-state index contributed by atoms with van der Waals surface area (Å²) < 4.78 is 0.